The fourth-order valence-corrected chi connectivity index (χ4v) is 0.872. The number of rotatable bonds is 2. The Morgan fingerprint density at radius 3 is 2.25 bits per heavy atom. The lowest BCUT2D eigenvalue weighted by molar-refractivity contribution is -0.388. The molecular weight excluding hydrogens is 241 g/mol. The number of hydrogen-bond acceptors (Lipinski definition) is 3. The molecule has 0 radical (unpaired) electrons. The monoisotopic (exact) mass is 243 g/mol. The molecule has 0 spiro atoms. The zero-order valence-corrected chi connectivity index (χ0v) is 7.22. The lowest BCUT2D eigenvalue weighted by Crippen LogP contribution is -2.19. The minimum atomic E-state index is -5.34. The normalized spacial score (nSPS) is 11.3. The highest BCUT2D eigenvalue weighted by atomic mass is 19.4. The van der Waals surface area contributed by atoms with Gasteiger partial charge in [0.05, 0.1) is 4.92 Å². The van der Waals surface area contributed by atoms with Crippen LogP contribution < -0.4 is 4.74 Å². The second-order valence-electron chi connectivity index (χ2n) is 2.51. The van der Waals surface area contributed by atoms with E-state index in [0.29, 0.717) is 12.1 Å². The van der Waals surface area contributed by atoms with Gasteiger partial charge >= 0.3 is 12.0 Å². The molecule has 0 saturated carbocycles. The molecule has 0 fully saturated rings. The van der Waals surface area contributed by atoms with E-state index in [1.807, 2.05) is 0 Å². The smallest absolute Gasteiger partial charge is 0.399 e. The van der Waals surface area contributed by atoms with E-state index < -0.39 is 34.4 Å². The summed E-state index contributed by atoms with van der Waals surface area (Å²) in [7, 11) is 0. The summed E-state index contributed by atoms with van der Waals surface area (Å²) in [6.07, 6.45) is -5.34. The molecule has 0 aliphatic carbocycles. The summed E-state index contributed by atoms with van der Waals surface area (Å²) in [6, 6.07) is 0.705. The van der Waals surface area contributed by atoms with Crippen molar-refractivity contribution in [3.05, 3.63) is 33.9 Å². The predicted molar refractivity (Wildman–Crippen MR) is 39.7 cm³/mol. The third-order valence-electron chi connectivity index (χ3n) is 1.44. The number of ether oxygens (including phenoxy) is 1. The number of benzene rings is 1. The van der Waals surface area contributed by atoms with Gasteiger partial charge in [0.15, 0.2) is 5.82 Å². The van der Waals surface area contributed by atoms with Crippen LogP contribution in [0.15, 0.2) is 12.1 Å². The average Bonchev–Trinajstić information content (AvgIpc) is 2.10. The molecular formula is C7H2F5NO3. The van der Waals surface area contributed by atoms with E-state index in [9.17, 15) is 32.1 Å². The topological polar surface area (TPSA) is 52.4 Å². The summed E-state index contributed by atoms with van der Waals surface area (Å²) in [5, 5.41) is 10.2. The third-order valence-corrected chi connectivity index (χ3v) is 1.44. The second-order valence-corrected chi connectivity index (χ2v) is 2.51. The van der Waals surface area contributed by atoms with Crippen LogP contribution in [0.3, 0.4) is 0 Å². The van der Waals surface area contributed by atoms with Crippen molar-refractivity contribution in [1.82, 2.24) is 0 Å². The summed E-state index contributed by atoms with van der Waals surface area (Å²) in [5.74, 6) is -5.54. The Hall–Kier alpha value is -1.93. The highest BCUT2D eigenvalue weighted by Crippen LogP contribution is 2.33. The van der Waals surface area contributed by atoms with Crippen LogP contribution in [0, 0.1) is 21.7 Å². The van der Waals surface area contributed by atoms with Crippen molar-refractivity contribution < 1.29 is 31.6 Å². The van der Waals surface area contributed by atoms with Gasteiger partial charge in [-0.25, -0.2) is 4.39 Å². The van der Waals surface area contributed by atoms with Crippen molar-refractivity contribution in [3.63, 3.8) is 0 Å². The van der Waals surface area contributed by atoms with E-state index >= 15 is 0 Å². The van der Waals surface area contributed by atoms with Crippen LogP contribution in [0.4, 0.5) is 27.6 Å². The Morgan fingerprint density at radius 1 is 1.25 bits per heavy atom. The van der Waals surface area contributed by atoms with E-state index in [0.717, 1.165) is 0 Å². The highest BCUT2D eigenvalue weighted by molar-refractivity contribution is 5.41. The van der Waals surface area contributed by atoms with Crippen molar-refractivity contribution in [2.45, 2.75) is 6.36 Å². The van der Waals surface area contributed by atoms with Crippen LogP contribution in [-0.2, 0) is 0 Å². The maximum atomic E-state index is 13.0. The van der Waals surface area contributed by atoms with Crippen LogP contribution in [-0.4, -0.2) is 11.3 Å². The van der Waals surface area contributed by atoms with E-state index in [2.05, 4.69) is 4.74 Å². The second kappa shape index (κ2) is 3.91. The molecule has 0 heterocycles. The molecule has 0 atom stereocenters. The molecule has 0 unspecified atom stereocenters. The van der Waals surface area contributed by atoms with Crippen molar-refractivity contribution in [2.24, 2.45) is 0 Å². The first kappa shape index (κ1) is 12.1. The molecule has 0 N–H and O–H groups in total. The molecule has 0 bridgehead atoms. The van der Waals surface area contributed by atoms with E-state index in [1.165, 1.54) is 0 Å². The van der Waals surface area contributed by atoms with Gasteiger partial charge in [0.2, 0.25) is 11.6 Å². The SMILES string of the molecule is O=[N+]([O-])c1ccc(F)c(OC(F)(F)F)c1F. The Kier molecular flexibility index (Phi) is 2.97. The van der Waals surface area contributed by atoms with E-state index in [1.54, 1.807) is 0 Å². The molecule has 0 amide bonds. The number of nitro benzene ring substituents is 1. The van der Waals surface area contributed by atoms with Crippen molar-refractivity contribution in [2.75, 3.05) is 0 Å². The molecule has 1 rings (SSSR count). The molecule has 0 aromatic heterocycles. The highest BCUT2D eigenvalue weighted by Gasteiger charge is 2.36. The Bertz CT molecular complexity index is 431. The van der Waals surface area contributed by atoms with Crippen LogP contribution >= 0.6 is 0 Å². The minimum absolute atomic E-state index is 0.308. The summed E-state index contributed by atoms with van der Waals surface area (Å²) in [6.45, 7) is 0. The van der Waals surface area contributed by atoms with Gasteiger partial charge in [-0.1, -0.05) is 0 Å². The van der Waals surface area contributed by atoms with Crippen molar-refractivity contribution in [1.29, 1.82) is 0 Å². The molecule has 0 aliphatic heterocycles. The van der Waals surface area contributed by atoms with Crippen LogP contribution in [0.5, 0.6) is 5.75 Å². The Labute approximate surface area is 84.4 Å². The van der Waals surface area contributed by atoms with Gasteiger partial charge in [-0.3, -0.25) is 10.1 Å². The van der Waals surface area contributed by atoms with Gasteiger partial charge in [0.1, 0.15) is 0 Å². The van der Waals surface area contributed by atoms with Crippen LogP contribution in [0.25, 0.3) is 0 Å². The molecule has 1 aromatic rings. The maximum Gasteiger partial charge on any atom is 0.573 e. The first-order valence-electron chi connectivity index (χ1n) is 3.60. The van der Waals surface area contributed by atoms with Gasteiger partial charge in [0.25, 0.3) is 0 Å². The number of alkyl halides is 3. The predicted octanol–water partition coefficient (Wildman–Crippen LogP) is 2.77. The summed E-state index contributed by atoms with van der Waals surface area (Å²) in [5.41, 5.74) is -1.30. The standard InChI is InChI=1S/C7H2F5NO3/c8-3-1-2-4(13(14)15)5(9)6(3)16-7(10,11)12/h1-2H. The van der Waals surface area contributed by atoms with Gasteiger partial charge in [-0.2, -0.15) is 4.39 Å². The van der Waals surface area contributed by atoms with Crippen LogP contribution in [0.2, 0.25) is 0 Å². The van der Waals surface area contributed by atoms with Crippen molar-refractivity contribution >= 4 is 5.69 Å². The number of halogens is 5. The zero-order valence-electron chi connectivity index (χ0n) is 7.22. The minimum Gasteiger partial charge on any atom is -0.399 e. The molecule has 0 aliphatic rings. The first-order chi connectivity index (χ1) is 7.22. The Balaban J connectivity index is 3.27. The quantitative estimate of drug-likeness (QED) is 0.456. The molecule has 88 valence electrons. The third kappa shape index (κ3) is 2.55. The maximum absolute atomic E-state index is 13.0. The fourth-order valence-electron chi connectivity index (χ4n) is 0.872. The van der Waals surface area contributed by atoms with E-state index in [4.69, 9.17) is 0 Å². The number of nitrogens with zero attached hydrogens (tertiary/aromatic N) is 1. The van der Waals surface area contributed by atoms with E-state index in [-0.39, 0.29) is 0 Å². The molecule has 1 aromatic carbocycles. The van der Waals surface area contributed by atoms with Crippen LogP contribution in [0.1, 0.15) is 0 Å². The number of nitro groups is 1. The molecule has 9 heteroatoms. The molecule has 0 saturated heterocycles. The van der Waals surface area contributed by atoms with Gasteiger partial charge in [-0.05, 0) is 6.07 Å². The Morgan fingerprint density at radius 2 is 1.81 bits per heavy atom. The average molecular weight is 243 g/mol. The van der Waals surface area contributed by atoms with Gasteiger partial charge in [0, 0.05) is 6.07 Å². The summed E-state index contributed by atoms with van der Waals surface area (Å²) < 4.78 is 63.9. The number of hydrogen-bond donors (Lipinski definition) is 0. The first-order valence-corrected chi connectivity index (χ1v) is 3.60. The molecule has 16 heavy (non-hydrogen) atoms. The van der Waals surface area contributed by atoms with Gasteiger partial charge in [-0.15, -0.1) is 13.2 Å². The lowest BCUT2D eigenvalue weighted by Gasteiger charge is -2.09. The summed E-state index contributed by atoms with van der Waals surface area (Å²) in [4.78, 5) is 8.86. The fraction of sp³-hybridized carbons (Fsp3) is 0.143. The largest absolute Gasteiger partial charge is 0.573 e. The van der Waals surface area contributed by atoms with Crippen molar-refractivity contribution in [3.8, 4) is 5.75 Å². The molecule has 4 nitrogen and oxygen atoms in total. The lowest BCUT2D eigenvalue weighted by atomic mass is 10.3. The van der Waals surface area contributed by atoms with Gasteiger partial charge < -0.3 is 4.74 Å². The zero-order chi connectivity index (χ0) is 12.5. The summed E-state index contributed by atoms with van der Waals surface area (Å²) >= 11 is 0.